The van der Waals surface area contributed by atoms with E-state index in [0.717, 1.165) is 19.4 Å². The van der Waals surface area contributed by atoms with E-state index in [-0.39, 0.29) is 12.3 Å². The first kappa shape index (κ1) is 15.4. The van der Waals surface area contributed by atoms with Crippen molar-refractivity contribution in [2.45, 2.75) is 45.3 Å². The van der Waals surface area contributed by atoms with Gasteiger partial charge in [0.25, 0.3) is 0 Å². The molecular weight excluding hydrogens is 276 g/mol. The number of unbranched alkanes of at least 4 members (excludes halogenated alkanes) is 1. The van der Waals surface area contributed by atoms with E-state index in [1.54, 1.807) is 4.68 Å². The van der Waals surface area contributed by atoms with Crippen LogP contribution in [0.4, 0.5) is 0 Å². The van der Waals surface area contributed by atoms with Crippen molar-refractivity contribution >= 4 is 11.9 Å². The molecule has 1 aromatic rings. The summed E-state index contributed by atoms with van der Waals surface area (Å²) < 4.78 is 1.72. The Bertz CT molecular complexity index is 503. The summed E-state index contributed by atoms with van der Waals surface area (Å²) in [6.07, 6.45) is 1.78. The Morgan fingerprint density at radius 2 is 2.33 bits per heavy atom. The summed E-state index contributed by atoms with van der Waals surface area (Å²) in [5, 5.41) is 23.2. The molecule has 1 amide bonds. The Labute approximate surface area is 122 Å². The Hall–Kier alpha value is -2.03. The third-order valence-corrected chi connectivity index (χ3v) is 3.48. The number of piperazine rings is 1. The van der Waals surface area contributed by atoms with Crippen LogP contribution in [-0.4, -0.2) is 61.2 Å². The molecule has 1 aromatic heterocycles. The first-order valence-electron chi connectivity index (χ1n) is 7.10. The standard InChI is InChI=1S/C12H20N6O3/c1-2-3-5-18-10(14-15-16-18)8-17-6-4-13-12(21)9(17)7-11(19)20/h9H,2-8H2,1H3,(H,13,21)(H,19,20). The molecule has 1 fully saturated rings. The summed E-state index contributed by atoms with van der Waals surface area (Å²) in [6, 6.07) is -0.674. The molecule has 116 valence electrons. The number of carboxylic acid groups (broad SMARTS) is 1. The van der Waals surface area contributed by atoms with Gasteiger partial charge in [-0.05, 0) is 16.8 Å². The second kappa shape index (κ2) is 7.11. The lowest BCUT2D eigenvalue weighted by Gasteiger charge is -2.33. The Morgan fingerprint density at radius 1 is 1.52 bits per heavy atom. The van der Waals surface area contributed by atoms with E-state index in [1.807, 2.05) is 4.90 Å². The molecule has 2 rings (SSSR count). The number of rotatable bonds is 7. The van der Waals surface area contributed by atoms with E-state index in [9.17, 15) is 9.59 Å². The second-order valence-electron chi connectivity index (χ2n) is 5.05. The molecule has 1 atom stereocenters. The van der Waals surface area contributed by atoms with Gasteiger partial charge in [-0.1, -0.05) is 13.3 Å². The van der Waals surface area contributed by atoms with Gasteiger partial charge in [-0.25, -0.2) is 4.68 Å². The van der Waals surface area contributed by atoms with Crippen molar-refractivity contribution in [3.8, 4) is 0 Å². The summed E-state index contributed by atoms with van der Waals surface area (Å²) in [5.74, 6) is -0.586. The molecule has 0 saturated carbocycles. The van der Waals surface area contributed by atoms with Crippen LogP contribution < -0.4 is 5.32 Å². The molecule has 2 N–H and O–H groups in total. The minimum Gasteiger partial charge on any atom is -0.481 e. The molecular formula is C12H20N6O3. The fourth-order valence-electron chi connectivity index (χ4n) is 2.34. The zero-order valence-electron chi connectivity index (χ0n) is 12.0. The van der Waals surface area contributed by atoms with Crippen LogP contribution in [0.3, 0.4) is 0 Å². The topological polar surface area (TPSA) is 113 Å². The summed E-state index contributed by atoms with van der Waals surface area (Å²) in [6.45, 7) is 4.28. The van der Waals surface area contributed by atoms with Gasteiger partial charge in [0.15, 0.2) is 5.82 Å². The van der Waals surface area contributed by atoms with E-state index < -0.39 is 12.0 Å². The van der Waals surface area contributed by atoms with Gasteiger partial charge in [0.1, 0.15) is 6.04 Å². The lowest BCUT2D eigenvalue weighted by Crippen LogP contribution is -2.55. The van der Waals surface area contributed by atoms with Gasteiger partial charge in [-0.15, -0.1) is 5.10 Å². The van der Waals surface area contributed by atoms with E-state index in [1.165, 1.54) is 0 Å². The van der Waals surface area contributed by atoms with Crippen LogP contribution in [0.1, 0.15) is 32.0 Å². The zero-order valence-corrected chi connectivity index (χ0v) is 12.0. The highest BCUT2D eigenvalue weighted by molar-refractivity contribution is 5.86. The summed E-state index contributed by atoms with van der Waals surface area (Å²) in [5.41, 5.74) is 0. The average Bonchev–Trinajstić information content (AvgIpc) is 2.87. The van der Waals surface area contributed by atoms with E-state index in [2.05, 4.69) is 27.8 Å². The Morgan fingerprint density at radius 3 is 3.05 bits per heavy atom. The molecule has 0 spiro atoms. The van der Waals surface area contributed by atoms with Gasteiger partial charge >= 0.3 is 5.97 Å². The van der Waals surface area contributed by atoms with Gasteiger partial charge in [0.05, 0.1) is 13.0 Å². The Balaban J connectivity index is 2.07. The molecule has 9 nitrogen and oxygen atoms in total. The van der Waals surface area contributed by atoms with Crippen LogP contribution >= 0.6 is 0 Å². The maximum absolute atomic E-state index is 11.9. The minimum absolute atomic E-state index is 0.220. The Kier molecular flexibility index (Phi) is 5.20. The number of carboxylic acids is 1. The third kappa shape index (κ3) is 3.97. The van der Waals surface area contributed by atoms with Crippen LogP contribution in [0.25, 0.3) is 0 Å². The number of hydrogen-bond donors (Lipinski definition) is 2. The molecule has 1 aliphatic heterocycles. The van der Waals surface area contributed by atoms with Gasteiger partial charge in [-0.3, -0.25) is 14.5 Å². The minimum atomic E-state index is -0.993. The van der Waals surface area contributed by atoms with Gasteiger partial charge < -0.3 is 10.4 Å². The molecule has 0 aromatic carbocycles. The van der Waals surface area contributed by atoms with Gasteiger partial charge in [0, 0.05) is 19.6 Å². The molecule has 9 heteroatoms. The van der Waals surface area contributed by atoms with Gasteiger partial charge in [-0.2, -0.15) is 0 Å². The van der Waals surface area contributed by atoms with Crippen molar-refractivity contribution < 1.29 is 14.7 Å². The smallest absolute Gasteiger partial charge is 0.305 e. The molecule has 0 bridgehead atoms. The van der Waals surface area contributed by atoms with E-state index >= 15 is 0 Å². The first-order chi connectivity index (χ1) is 10.1. The highest BCUT2D eigenvalue weighted by Crippen LogP contribution is 2.12. The van der Waals surface area contributed by atoms with Crippen LogP contribution in [0, 0.1) is 0 Å². The number of carbonyl (C=O) groups is 2. The maximum atomic E-state index is 11.9. The van der Waals surface area contributed by atoms with Crippen LogP contribution in [0.5, 0.6) is 0 Å². The average molecular weight is 296 g/mol. The molecule has 1 unspecified atom stereocenters. The summed E-state index contributed by atoms with van der Waals surface area (Å²) in [7, 11) is 0. The summed E-state index contributed by atoms with van der Waals surface area (Å²) >= 11 is 0. The molecule has 21 heavy (non-hydrogen) atoms. The zero-order chi connectivity index (χ0) is 15.2. The van der Waals surface area contributed by atoms with E-state index in [4.69, 9.17) is 5.11 Å². The predicted octanol–water partition coefficient (Wildman–Crippen LogP) is -0.752. The number of nitrogens with one attached hydrogen (secondary N) is 1. The van der Waals surface area contributed by atoms with Crippen molar-refractivity contribution in [2.24, 2.45) is 0 Å². The number of aryl methyl sites for hydroxylation is 1. The van der Waals surface area contributed by atoms with Crippen LogP contribution in [-0.2, 0) is 22.7 Å². The molecule has 0 radical (unpaired) electrons. The molecule has 2 heterocycles. The predicted molar refractivity (Wildman–Crippen MR) is 72.2 cm³/mol. The number of tetrazole rings is 1. The third-order valence-electron chi connectivity index (χ3n) is 3.48. The van der Waals surface area contributed by atoms with Gasteiger partial charge in [0.2, 0.25) is 5.91 Å². The van der Waals surface area contributed by atoms with E-state index in [0.29, 0.717) is 25.5 Å². The highest BCUT2D eigenvalue weighted by Gasteiger charge is 2.32. The quantitative estimate of drug-likeness (QED) is 0.680. The fraction of sp³-hybridized carbons (Fsp3) is 0.750. The highest BCUT2D eigenvalue weighted by atomic mass is 16.4. The van der Waals surface area contributed by atoms with Crippen molar-refractivity contribution in [3.63, 3.8) is 0 Å². The molecule has 1 aliphatic rings. The first-order valence-corrected chi connectivity index (χ1v) is 7.10. The number of carbonyl (C=O) groups excluding carboxylic acids is 1. The lowest BCUT2D eigenvalue weighted by molar-refractivity contribution is -0.143. The maximum Gasteiger partial charge on any atom is 0.305 e. The monoisotopic (exact) mass is 296 g/mol. The fourth-order valence-corrected chi connectivity index (χ4v) is 2.34. The number of amides is 1. The normalized spacial score (nSPS) is 19.5. The lowest BCUT2D eigenvalue weighted by atomic mass is 10.1. The van der Waals surface area contributed by atoms with Crippen LogP contribution in [0.15, 0.2) is 0 Å². The van der Waals surface area contributed by atoms with Crippen molar-refractivity contribution in [1.82, 2.24) is 30.4 Å². The molecule has 1 saturated heterocycles. The van der Waals surface area contributed by atoms with Crippen LogP contribution in [0.2, 0.25) is 0 Å². The van der Waals surface area contributed by atoms with Crippen molar-refractivity contribution in [3.05, 3.63) is 5.82 Å². The molecule has 0 aliphatic carbocycles. The van der Waals surface area contributed by atoms with Crippen molar-refractivity contribution in [1.29, 1.82) is 0 Å². The second-order valence-corrected chi connectivity index (χ2v) is 5.05. The number of aromatic nitrogens is 4. The SMILES string of the molecule is CCCCn1nnnc1CN1CCNC(=O)C1CC(=O)O. The number of hydrogen-bond acceptors (Lipinski definition) is 6. The van der Waals surface area contributed by atoms with Crippen molar-refractivity contribution in [2.75, 3.05) is 13.1 Å². The number of aliphatic carboxylic acids is 1. The number of nitrogens with zero attached hydrogens (tertiary/aromatic N) is 5. The summed E-state index contributed by atoms with van der Waals surface area (Å²) in [4.78, 5) is 24.6. The largest absolute Gasteiger partial charge is 0.481 e.